The Labute approximate surface area is 102 Å². The maximum Gasteiger partial charge on any atom is 0.306 e. The molecule has 0 amide bonds. The number of hydrogen-bond acceptors (Lipinski definition) is 4. The van der Waals surface area contributed by atoms with E-state index in [0.29, 0.717) is 0 Å². The summed E-state index contributed by atoms with van der Waals surface area (Å²) in [6, 6.07) is 0. The second kappa shape index (κ2) is 6.40. The fraction of sp³-hybridized carbons (Fsp3) is 0.750. The van der Waals surface area contributed by atoms with Gasteiger partial charge in [-0.3, -0.25) is 14.4 Å². The monoisotopic (exact) mass is 231 g/mol. The molecule has 0 heterocycles. The molecular weight excluding hydrogens is 208 g/mol. The van der Waals surface area contributed by atoms with Crippen LogP contribution in [0.15, 0.2) is 0 Å². The van der Waals surface area contributed by atoms with Crippen LogP contribution < -0.4 is 0 Å². The van der Waals surface area contributed by atoms with Gasteiger partial charge in [-0.05, 0) is 6.42 Å². The molecule has 0 unspecified atom stereocenters. The zero-order valence-corrected chi connectivity index (χ0v) is 8.95. The largest absolute Gasteiger partial charge is 0.446 e. The summed E-state index contributed by atoms with van der Waals surface area (Å²) >= 11 is 0. The van der Waals surface area contributed by atoms with Crippen molar-refractivity contribution in [3.63, 3.8) is 0 Å². The van der Waals surface area contributed by atoms with Gasteiger partial charge in [-0.2, -0.15) is 0 Å². The number of unbranched alkanes of at least 4 members (excludes halogenated alkanes) is 1. The van der Waals surface area contributed by atoms with Crippen molar-refractivity contribution in [1.82, 2.24) is 0 Å². The molecule has 0 radical (unpaired) electrons. The number of rotatable bonds is 6. The van der Waals surface area contributed by atoms with E-state index in [4.69, 9.17) is 11.6 Å². The van der Waals surface area contributed by atoms with Gasteiger partial charge in [-0.25, -0.2) is 0 Å². The quantitative estimate of drug-likeness (QED) is 0.397. The fourth-order valence-electron chi connectivity index (χ4n) is 1.49. The number of esters is 1. The third kappa shape index (κ3) is 3.76. The van der Waals surface area contributed by atoms with E-state index in [1.807, 2.05) is 0 Å². The first kappa shape index (κ1) is 7.20. The van der Waals surface area contributed by atoms with Crippen LogP contribution in [-0.4, -0.2) is 23.6 Å². The van der Waals surface area contributed by atoms with E-state index in [-0.39, 0.29) is 38.5 Å². The lowest BCUT2D eigenvalue weighted by Crippen LogP contribution is -2.28. The summed E-state index contributed by atoms with van der Waals surface area (Å²) in [4.78, 5) is 34.0. The molecule has 0 spiro atoms. The van der Waals surface area contributed by atoms with E-state index in [1.54, 1.807) is 0 Å². The molecule has 0 atom stereocenters. The first-order chi connectivity index (χ1) is 9.54. The summed E-state index contributed by atoms with van der Waals surface area (Å²) in [5, 5.41) is 0. The van der Waals surface area contributed by atoms with Crippen molar-refractivity contribution in [2.24, 2.45) is 0 Å². The molecule has 16 heavy (non-hydrogen) atoms. The first-order valence-electron chi connectivity index (χ1n) is 7.79. The molecule has 0 aromatic carbocycles. The Morgan fingerprint density at radius 1 is 1.38 bits per heavy atom. The summed E-state index contributed by atoms with van der Waals surface area (Å²) in [6.45, 7) is -2.70. The van der Waals surface area contributed by atoms with Gasteiger partial charge in [-0.1, -0.05) is 26.1 Å². The SMILES string of the molecule is [2H]C([2H])([2H])C([2H])([2H])CCCCC(=O)OC1C(=O)CCC1=O. The second-order valence-corrected chi connectivity index (χ2v) is 3.69. The van der Waals surface area contributed by atoms with E-state index in [1.165, 1.54) is 0 Å². The highest BCUT2D eigenvalue weighted by atomic mass is 16.5. The minimum atomic E-state index is -2.70. The minimum Gasteiger partial charge on any atom is -0.446 e. The van der Waals surface area contributed by atoms with Crippen LogP contribution in [0, 0.1) is 0 Å². The molecule has 1 aliphatic rings. The summed E-state index contributed by atoms with van der Waals surface area (Å²) < 4.78 is 40.7. The second-order valence-electron chi connectivity index (χ2n) is 3.69. The molecule has 0 aromatic rings. The number of hydrogen-bond donors (Lipinski definition) is 0. The van der Waals surface area contributed by atoms with Crippen molar-refractivity contribution >= 4 is 17.5 Å². The number of carbonyl (C=O) groups is 3. The minimum absolute atomic E-state index is 0.0753. The maximum atomic E-state index is 11.5. The van der Waals surface area contributed by atoms with Crippen LogP contribution in [0.1, 0.15) is 58.6 Å². The van der Waals surface area contributed by atoms with Gasteiger partial charge in [0.05, 0.1) is 0 Å². The number of Topliss-reactive ketones (excluding diaryl/α,β-unsaturated/α-hetero) is 2. The lowest BCUT2D eigenvalue weighted by atomic mass is 10.1. The van der Waals surface area contributed by atoms with Crippen molar-refractivity contribution in [3.05, 3.63) is 0 Å². The van der Waals surface area contributed by atoms with E-state index < -0.39 is 36.9 Å². The molecule has 4 heteroatoms. The lowest BCUT2D eigenvalue weighted by molar-refractivity contribution is -0.157. The highest BCUT2D eigenvalue weighted by Gasteiger charge is 2.35. The van der Waals surface area contributed by atoms with Crippen molar-refractivity contribution < 1.29 is 26.0 Å². The summed E-state index contributed by atoms with van der Waals surface area (Å²) in [6.07, 6.45) is -3.23. The van der Waals surface area contributed by atoms with Crippen LogP contribution in [0.25, 0.3) is 0 Å². The number of ketones is 2. The van der Waals surface area contributed by atoms with E-state index in [9.17, 15) is 14.4 Å². The Kier molecular flexibility index (Phi) is 2.88. The zero-order chi connectivity index (χ0) is 16.3. The Hall–Kier alpha value is -1.19. The standard InChI is InChI=1S/C12H18O4/c1-2-3-4-5-6-11(15)16-12-9(13)7-8-10(12)14/h12H,2-8H2,1H3/i1D3,2D2. The lowest BCUT2D eigenvalue weighted by Gasteiger charge is -2.08. The van der Waals surface area contributed by atoms with E-state index >= 15 is 0 Å². The van der Waals surface area contributed by atoms with Gasteiger partial charge >= 0.3 is 5.97 Å². The van der Waals surface area contributed by atoms with Gasteiger partial charge in [0.25, 0.3) is 0 Å². The molecule has 0 saturated heterocycles. The fourth-order valence-corrected chi connectivity index (χ4v) is 1.49. The predicted molar refractivity (Wildman–Crippen MR) is 57.9 cm³/mol. The maximum absolute atomic E-state index is 11.5. The van der Waals surface area contributed by atoms with Gasteiger partial charge < -0.3 is 4.74 Å². The smallest absolute Gasteiger partial charge is 0.306 e. The Balaban J connectivity index is 2.29. The Bertz CT molecular complexity index is 414. The molecule has 0 aliphatic heterocycles. The van der Waals surface area contributed by atoms with Gasteiger partial charge in [0.1, 0.15) is 0 Å². The third-order valence-corrected chi connectivity index (χ3v) is 2.38. The van der Waals surface area contributed by atoms with Crippen molar-refractivity contribution in [2.45, 2.75) is 57.9 Å². The van der Waals surface area contributed by atoms with Gasteiger partial charge in [0.15, 0.2) is 11.6 Å². The highest BCUT2D eigenvalue weighted by Crippen LogP contribution is 2.15. The van der Waals surface area contributed by atoms with Crippen molar-refractivity contribution in [3.8, 4) is 0 Å². The topological polar surface area (TPSA) is 60.4 Å². The highest BCUT2D eigenvalue weighted by molar-refractivity contribution is 6.12. The van der Waals surface area contributed by atoms with Crippen LogP contribution in [0.3, 0.4) is 0 Å². The molecule has 4 nitrogen and oxygen atoms in total. The molecule has 0 bridgehead atoms. The van der Waals surface area contributed by atoms with E-state index in [2.05, 4.69) is 0 Å². The number of carbonyl (C=O) groups excluding carboxylic acids is 3. The summed E-state index contributed by atoms with van der Waals surface area (Å²) in [5.74, 6) is -1.49. The van der Waals surface area contributed by atoms with Gasteiger partial charge in [0.2, 0.25) is 6.10 Å². The average molecular weight is 231 g/mol. The predicted octanol–water partition coefficient (Wildman–Crippen LogP) is 1.80. The molecule has 1 fully saturated rings. The number of ether oxygens (including phenoxy) is 1. The molecule has 1 aliphatic carbocycles. The average Bonchev–Trinajstić information content (AvgIpc) is 2.65. The van der Waals surface area contributed by atoms with Crippen LogP contribution in [0.2, 0.25) is 0 Å². The molecule has 90 valence electrons. The Morgan fingerprint density at radius 3 is 2.69 bits per heavy atom. The van der Waals surface area contributed by atoms with Crippen LogP contribution >= 0.6 is 0 Å². The van der Waals surface area contributed by atoms with Gasteiger partial charge in [-0.15, -0.1) is 0 Å². The summed E-state index contributed by atoms with van der Waals surface area (Å²) in [7, 11) is 0. The molecule has 0 N–H and O–H groups in total. The zero-order valence-electron chi connectivity index (χ0n) is 14.0. The van der Waals surface area contributed by atoms with Gasteiger partial charge in [0, 0.05) is 26.1 Å². The van der Waals surface area contributed by atoms with Crippen molar-refractivity contribution in [2.75, 3.05) is 0 Å². The van der Waals surface area contributed by atoms with Crippen molar-refractivity contribution in [1.29, 1.82) is 0 Å². The normalized spacial score (nSPS) is 23.1. The van der Waals surface area contributed by atoms with E-state index in [0.717, 1.165) is 0 Å². The molecule has 1 rings (SSSR count). The molecule has 1 saturated carbocycles. The molecular formula is C12H18O4. The first-order valence-corrected chi connectivity index (χ1v) is 5.29. The van der Waals surface area contributed by atoms with Crippen LogP contribution in [0.4, 0.5) is 0 Å². The third-order valence-electron chi connectivity index (χ3n) is 2.38. The van der Waals surface area contributed by atoms with Crippen LogP contribution in [-0.2, 0) is 19.1 Å². The molecule has 0 aromatic heterocycles. The summed E-state index contributed by atoms with van der Waals surface area (Å²) in [5.41, 5.74) is 0. The Morgan fingerprint density at radius 2 is 2.06 bits per heavy atom. The van der Waals surface area contributed by atoms with Crippen LogP contribution in [0.5, 0.6) is 0 Å².